The highest BCUT2D eigenvalue weighted by atomic mass is 32.2. The van der Waals surface area contributed by atoms with Gasteiger partial charge in [0.1, 0.15) is 12.3 Å². The average molecular weight is 603 g/mol. The first-order valence-corrected chi connectivity index (χ1v) is 16.2. The van der Waals surface area contributed by atoms with Crippen LogP contribution in [0.5, 0.6) is 5.75 Å². The number of fused-ring (bicyclic) bond motifs is 1. The smallest absolute Gasteiger partial charge is 0.406 e. The minimum Gasteiger partial charge on any atom is -0.495 e. The highest BCUT2D eigenvalue weighted by molar-refractivity contribution is 7.90. The van der Waals surface area contributed by atoms with Crippen LogP contribution < -0.4 is 15.4 Å². The summed E-state index contributed by atoms with van der Waals surface area (Å²) in [5, 5.41) is 7.41. The lowest BCUT2D eigenvalue weighted by Crippen LogP contribution is -2.38. The number of ether oxygens (including phenoxy) is 1. The molecule has 0 radical (unpaired) electrons. The van der Waals surface area contributed by atoms with Crippen molar-refractivity contribution < 1.29 is 26.3 Å². The molecule has 1 saturated carbocycles. The van der Waals surface area contributed by atoms with Gasteiger partial charge in [0.05, 0.1) is 35.4 Å². The van der Waals surface area contributed by atoms with E-state index in [1.165, 1.54) is 49.7 Å². The third-order valence-electron chi connectivity index (χ3n) is 8.18. The quantitative estimate of drug-likeness (QED) is 0.313. The number of alkyl halides is 3. The standard InChI is InChI=1S/C31H37F3N4O3S/c1-41-30-20-25(42(2,39)40)14-15-28(30)35-16-6-7-24-19-26-27(8-5-9-29(26)38(24)21-31(32,33)34)36-22-10-12-23(13-11-22)37-17-3-4-18-37/h5,8-9,14-15,19-20,22-23,35-36H,3-4,10-13,16-18,21H2,1-2H3/t22-,23+. The minimum atomic E-state index is -4.41. The van der Waals surface area contributed by atoms with E-state index >= 15 is 0 Å². The third kappa shape index (κ3) is 7.16. The fraction of sp³-hybridized carbons (Fsp3) is 0.484. The third-order valence-corrected chi connectivity index (χ3v) is 9.29. The van der Waals surface area contributed by atoms with Crippen LogP contribution in [0.3, 0.4) is 0 Å². The summed E-state index contributed by atoms with van der Waals surface area (Å²) in [6.45, 7) is 1.36. The van der Waals surface area contributed by atoms with Crippen molar-refractivity contribution in [2.24, 2.45) is 0 Å². The van der Waals surface area contributed by atoms with Gasteiger partial charge in [0, 0.05) is 35.5 Å². The first kappa shape index (κ1) is 30.1. The van der Waals surface area contributed by atoms with E-state index in [1.54, 1.807) is 24.3 Å². The molecule has 1 aliphatic carbocycles. The molecule has 2 aliphatic rings. The number of nitrogens with zero attached hydrogens (tertiary/aromatic N) is 2. The molecule has 1 saturated heterocycles. The first-order valence-electron chi connectivity index (χ1n) is 14.3. The average Bonchev–Trinajstić information content (AvgIpc) is 3.60. The summed E-state index contributed by atoms with van der Waals surface area (Å²) in [7, 11) is -1.97. The van der Waals surface area contributed by atoms with Gasteiger partial charge in [-0.3, -0.25) is 0 Å². The molecule has 1 aliphatic heterocycles. The van der Waals surface area contributed by atoms with Gasteiger partial charge < -0.3 is 24.8 Å². The molecule has 0 bridgehead atoms. The zero-order chi connectivity index (χ0) is 29.9. The van der Waals surface area contributed by atoms with Crippen LogP contribution in [0.1, 0.15) is 44.2 Å². The predicted molar refractivity (Wildman–Crippen MR) is 160 cm³/mol. The second-order valence-electron chi connectivity index (χ2n) is 11.2. The molecule has 0 amide bonds. The van der Waals surface area contributed by atoms with Crippen molar-refractivity contribution in [2.75, 3.05) is 43.6 Å². The zero-order valence-corrected chi connectivity index (χ0v) is 24.7. The van der Waals surface area contributed by atoms with Crippen LogP contribution in [-0.2, 0) is 16.4 Å². The highest BCUT2D eigenvalue weighted by Gasteiger charge is 2.31. The number of benzene rings is 2. The Labute approximate surface area is 245 Å². The zero-order valence-electron chi connectivity index (χ0n) is 23.9. The number of sulfone groups is 1. The van der Waals surface area contributed by atoms with E-state index in [0.29, 0.717) is 23.0 Å². The molecule has 42 heavy (non-hydrogen) atoms. The molecule has 7 nitrogen and oxygen atoms in total. The molecule has 226 valence electrons. The highest BCUT2D eigenvalue weighted by Crippen LogP contribution is 2.33. The Balaban J connectivity index is 1.34. The van der Waals surface area contributed by atoms with E-state index in [1.807, 2.05) is 6.07 Å². The number of nitrogens with one attached hydrogen (secondary N) is 2. The molecule has 2 N–H and O–H groups in total. The van der Waals surface area contributed by atoms with Gasteiger partial charge in [0.15, 0.2) is 9.84 Å². The van der Waals surface area contributed by atoms with Crippen molar-refractivity contribution in [3.05, 3.63) is 48.2 Å². The molecule has 3 aromatic rings. The molecule has 0 unspecified atom stereocenters. The fourth-order valence-corrected chi connectivity index (χ4v) is 6.73. The molecule has 1 aromatic heterocycles. The van der Waals surface area contributed by atoms with Gasteiger partial charge in [-0.15, -0.1) is 0 Å². The summed E-state index contributed by atoms with van der Waals surface area (Å²) < 4.78 is 71.1. The summed E-state index contributed by atoms with van der Waals surface area (Å²) in [6, 6.07) is 12.5. The topological polar surface area (TPSA) is 75.6 Å². The van der Waals surface area contributed by atoms with Crippen LogP contribution in [0.4, 0.5) is 24.5 Å². The number of hydrogen-bond acceptors (Lipinski definition) is 6. The Morgan fingerprint density at radius 2 is 1.76 bits per heavy atom. The number of halogens is 3. The molecule has 5 rings (SSSR count). The summed E-state index contributed by atoms with van der Waals surface area (Å²) in [5.74, 6) is 6.16. The Morgan fingerprint density at radius 3 is 2.43 bits per heavy atom. The SMILES string of the molecule is COc1cc(S(C)(=O)=O)ccc1NCC#Cc1cc2c(N[C@H]3CC[C@@H](N4CCCC4)CC3)cccc2n1CC(F)(F)F. The number of aromatic nitrogens is 1. The van der Waals surface area contributed by atoms with Crippen molar-refractivity contribution in [3.8, 4) is 17.6 Å². The van der Waals surface area contributed by atoms with Crippen molar-refractivity contribution in [1.29, 1.82) is 0 Å². The van der Waals surface area contributed by atoms with Crippen LogP contribution in [0.2, 0.25) is 0 Å². The predicted octanol–water partition coefficient (Wildman–Crippen LogP) is 5.90. The summed E-state index contributed by atoms with van der Waals surface area (Å²) in [5.41, 5.74) is 2.12. The lowest BCUT2D eigenvalue weighted by atomic mass is 9.90. The van der Waals surface area contributed by atoms with Gasteiger partial charge >= 0.3 is 6.18 Å². The fourth-order valence-electron chi connectivity index (χ4n) is 6.10. The van der Waals surface area contributed by atoms with Crippen molar-refractivity contribution in [2.45, 2.75) is 68.2 Å². The second-order valence-corrected chi connectivity index (χ2v) is 13.2. The number of methoxy groups -OCH3 is 1. The van der Waals surface area contributed by atoms with E-state index in [-0.39, 0.29) is 23.2 Å². The van der Waals surface area contributed by atoms with Gasteiger partial charge in [0.2, 0.25) is 0 Å². The Morgan fingerprint density at radius 1 is 1.02 bits per heavy atom. The van der Waals surface area contributed by atoms with Gasteiger partial charge in [-0.25, -0.2) is 8.42 Å². The number of anilines is 2. The summed E-state index contributed by atoms with van der Waals surface area (Å²) in [6.07, 6.45) is 3.60. The summed E-state index contributed by atoms with van der Waals surface area (Å²) >= 11 is 0. The number of rotatable bonds is 8. The lowest BCUT2D eigenvalue weighted by molar-refractivity contribution is -0.140. The van der Waals surface area contributed by atoms with E-state index in [2.05, 4.69) is 27.4 Å². The van der Waals surface area contributed by atoms with Gasteiger partial charge in [-0.1, -0.05) is 12.0 Å². The molecule has 2 heterocycles. The molecular formula is C31H37F3N4O3S. The normalized spacial score (nSPS) is 19.8. The Kier molecular flexibility index (Phi) is 8.94. The van der Waals surface area contributed by atoms with E-state index < -0.39 is 22.6 Å². The maximum absolute atomic E-state index is 13.6. The minimum absolute atomic E-state index is 0.119. The molecular weight excluding hydrogens is 565 g/mol. The number of hydrogen-bond donors (Lipinski definition) is 2. The molecule has 2 aromatic carbocycles. The maximum atomic E-state index is 13.6. The van der Waals surface area contributed by atoms with Crippen molar-refractivity contribution >= 4 is 32.1 Å². The molecule has 2 fully saturated rings. The van der Waals surface area contributed by atoms with E-state index in [4.69, 9.17) is 4.74 Å². The van der Waals surface area contributed by atoms with Gasteiger partial charge in [-0.2, -0.15) is 13.2 Å². The lowest BCUT2D eigenvalue weighted by Gasteiger charge is -2.35. The Bertz CT molecular complexity index is 1580. The van der Waals surface area contributed by atoms with Gasteiger partial charge in [-0.05, 0) is 87.9 Å². The largest absolute Gasteiger partial charge is 0.495 e. The second kappa shape index (κ2) is 12.5. The Hall–Kier alpha value is -3.36. The van der Waals surface area contributed by atoms with Crippen molar-refractivity contribution in [3.63, 3.8) is 0 Å². The van der Waals surface area contributed by atoms with E-state index in [0.717, 1.165) is 43.0 Å². The first-order chi connectivity index (χ1) is 20.0. The monoisotopic (exact) mass is 602 g/mol. The molecule has 11 heteroatoms. The summed E-state index contributed by atoms with van der Waals surface area (Å²) in [4.78, 5) is 2.73. The van der Waals surface area contributed by atoms with Crippen LogP contribution in [0, 0.1) is 11.8 Å². The molecule has 0 atom stereocenters. The van der Waals surface area contributed by atoms with E-state index in [9.17, 15) is 21.6 Å². The molecule has 0 spiro atoms. The maximum Gasteiger partial charge on any atom is 0.406 e. The van der Waals surface area contributed by atoms with Gasteiger partial charge in [0.25, 0.3) is 0 Å². The van der Waals surface area contributed by atoms with Crippen LogP contribution in [0.15, 0.2) is 47.4 Å². The number of likely N-dealkylation sites (tertiary alicyclic amines) is 1. The van der Waals surface area contributed by atoms with Crippen LogP contribution in [0.25, 0.3) is 10.9 Å². The van der Waals surface area contributed by atoms with Crippen molar-refractivity contribution in [1.82, 2.24) is 9.47 Å². The van der Waals surface area contributed by atoms with Crippen LogP contribution >= 0.6 is 0 Å². The van der Waals surface area contributed by atoms with Crippen LogP contribution in [-0.4, -0.2) is 69.1 Å².